The number of methoxy groups -OCH3 is 1. The number of hydrogen-bond donors (Lipinski definition) is 0. The van der Waals surface area contributed by atoms with E-state index in [9.17, 15) is 4.79 Å². The molecular weight excluding hydrogens is 446 g/mol. The van der Waals surface area contributed by atoms with Crippen LogP contribution in [0.15, 0.2) is 79.0 Å². The largest absolute Gasteiger partial charge is 0.496 e. The van der Waals surface area contributed by atoms with E-state index in [0.29, 0.717) is 28.8 Å². The Hall–Kier alpha value is -3.97. The number of carbonyl (C=O) groups excluding carboxylic acids is 1. The Bertz CT molecular complexity index is 1470. The van der Waals surface area contributed by atoms with Crippen LogP contribution in [0.2, 0.25) is 0 Å². The third-order valence-corrected chi connectivity index (χ3v) is 6.53. The van der Waals surface area contributed by atoms with Crippen molar-refractivity contribution in [2.24, 2.45) is 0 Å². The lowest BCUT2D eigenvalue weighted by Gasteiger charge is -2.21. The molecule has 6 nitrogen and oxygen atoms in total. The summed E-state index contributed by atoms with van der Waals surface area (Å²) in [4.78, 5) is 24.9. The Balaban J connectivity index is 1.64. The number of anilines is 1. The Kier molecular flexibility index (Phi) is 6.10. The number of pyridine rings is 1. The van der Waals surface area contributed by atoms with Gasteiger partial charge in [-0.1, -0.05) is 47.7 Å². The highest BCUT2D eigenvalue weighted by atomic mass is 32.1. The van der Waals surface area contributed by atoms with Gasteiger partial charge in [-0.2, -0.15) is 0 Å². The highest BCUT2D eigenvalue weighted by molar-refractivity contribution is 7.22. The molecule has 0 saturated carbocycles. The Morgan fingerprint density at radius 3 is 2.50 bits per heavy atom. The predicted molar refractivity (Wildman–Crippen MR) is 136 cm³/mol. The molecule has 0 aliphatic heterocycles. The summed E-state index contributed by atoms with van der Waals surface area (Å²) < 4.78 is 12.3. The van der Waals surface area contributed by atoms with Crippen molar-refractivity contribution in [3.05, 3.63) is 90.3 Å². The lowest BCUT2D eigenvalue weighted by atomic mass is 10.0. The van der Waals surface area contributed by atoms with Gasteiger partial charge in [0.1, 0.15) is 17.0 Å². The zero-order valence-electron chi connectivity index (χ0n) is 18.9. The summed E-state index contributed by atoms with van der Waals surface area (Å²) in [5.41, 5.74) is 1.98. The zero-order valence-corrected chi connectivity index (χ0v) is 19.7. The average molecular weight is 470 g/mol. The predicted octanol–water partition coefficient (Wildman–Crippen LogP) is 6.10. The van der Waals surface area contributed by atoms with Gasteiger partial charge in [0.05, 0.1) is 36.2 Å². The van der Waals surface area contributed by atoms with Crippen molar-refractivity contribution in [2.75, 3.05) is 18.6 Å². The highest BCUT2D eigenvalue weighted by Gasteiger charge is 2.26. The van der Waals surface area contributed by atoms with E-state index in [1.165, 1.54) is 11.3 Å². The SMILES string of the molecule is CCOc1cccc2sc(N(Cc3ccccn3)C(=O)c3cc4ccccc4cc3OC)nc12. The lowest BCUT2D eigenvalue weighted by Crippen LogP contribution is -2.31. The first-order chi connectivity index (χ1) is 16.7. The minimum atomic E-state index is -0.203. The van der Waals surface area contributed by atoms with E-state index >= 15 is 0 Å². The van der Waals surface area contributed by atoms with Crippen LogP contribution in [0.25, 0.3) is 21.0 Å². The molecule has 2 heterocycles. The van der Waals surface area contributed by atoms with Crippen LogP contribution < -0.4 is 14.4 Å². The molecule has 3 aromatic carbocycles. The number of thiazole rings is 1. The second-order valence-corrected chi connectivity index (χ2v) is 8.65. The van der Waals surface area contributed by atoms with Crippen molar-refractivity contribution in [1.29, 1.82) is 0 Å². The van der Waals surface area contributed by atoms with Crippen molar-refractivity contribution in [3.8, 4) is 11.5 Å². The van der Waals surface area contributed by atoms with E-state index in [1.54, 1.807) is 18.2 Å². The van der Waals surface area contributed by atoms with Crippen molar-refractivity contribution in [2.45, 2.75) is 13.5 Å². The maximum atomic E-state index is 14.0. The minimum Gasteiger partial charge on any atom is -0.496 e. The van der Waals surface area contributed by atoms with Gasteiger partial charge >= 0.3 is 0 Å². The smallest absolute Gasteiger partial charge is 0.264 e. The van der Waals surface area contributed by atoms with E-state index in [2.05, 4.69) is 4.98 Å². The number of rotatable bonds is 7. The van der Waals surface area contributed by atoms with Crippen LogP contribution in [0, 0.1) is 0 Å². The van der Waals surface area contributed by atoms with E-state index in [0.717, 1.165) is 26.7 Å². The van der Waals surface area contributed by atoms with Crippen molar-refractivity contribution >= 4 is 43.4 Å². The maximum Gasteiger partial charge on any atom is 0.264 e. The van der Waals surface area contributed by atoms with Crippen LogP contribution in [-0.2, 0) is 6.54 Å². The molecule has 34 heavy (non-hydrogen) atoms. The number of carbonyl (C=O) groups is 1. The van der Waals surface area contributed by atoms with Crippen LogP contribution in [0.3, 0.4) is 0 Å². The summed E-state index contributed by atoms with van der Waals surface area (Å²) >= 11 is 1.45. The van der Waals surface area contributed by atoms with Crippen molar-refractivity contribution < 1.29 is 14.3 Å². The molecule has 0 radical (unpaired) electrons. The fourth-order valence-corrected chi connectivity index (χ4v) is 4.86. The Morgan fingerprint density at radius 1 is 0.971 bits per heavy atom. The molecule has 2 aromatic heterocycles. The summed E-state index contributed by atoms with van der Waals surface area (Å²) in [6.07, 6.45) is 1.72. The van der Waals surface area contributed by atoms with Gasteiger partial charge in [-0.3, -0.25) is 14.7 Å². The van der Waals surface area contributed by atoms with Crippen LogP contribution >= 0.6 is 11.3 Å². The summed E-state index contributed by atoms with van der Waals surface area (Å²) in [7, 11) is 1.58. The number of benzene rings is 3. The number of ether oxygens (including phenoxy) is 2. The van der Waals surface area contributed by atoms with Gasteiger partial charge in [-0.25, -0.2) is 4.98 Å². The molecule has 0 aliphatic rings. The molecule has 0 atom stereocenters. The summed E-state index contributed by atoms with van der Waals surface area (Å²) in [6, 6.07) is 23.2. The van der Waals surface area contributed by atoms with E-state index in [-0.39, 0.29) is 12.5 Å². The highest BCUT2D eigenvalue weighted by Crippen LogP contribution is 2.36. The third-order valence-electron chi connectivity index (χ3n) is 5.49. The molecule has 170 valence electrons. The monoisotopic (exact) mass is 469 g/mol. The molecular formula is C27H23N3O3S. The quantitative estimate of drug-likeness (QED) is 0.288. The second kappa shape index (κ2) is 9.49. The van der Waals surface area contributed by atoms with Crippen LogP contribution in [0.5, 0.6) is 11.5 Å². The first kappa shape index (κ1) is 21.9. The minimum absolute atomic E-state index is 0.203. The Labute approximate surface area is 201 Å². The van der Waals surface area contributed by atoms with Crippen molar-refractivity contribution in [3.63, 3.8) is 0 Å². The normalized spacial score (nSPS) is 11.0. The maximum absolute atomic E-state index is 14.0. The van der Waals surface area contributed by atoms with Crippen molar-refractivity contribution in [1.82, 2.24) is 9.97 Å². The number of aromatic nitrogens is 2. The van der Waals surface area contributed by atoms with Gasteiger partial charge in [-0.05, 0) is 54.1 Å². The number of nitrogens with zero attached hydrogens (tertiary/aromatic N) is 3. The molecule has 0 fully saturated rings. The standard InChI is InChI=1S/C27H23N3O3S/c1-3-33-22-12-8-13-24-25(22)29-27(34-24)30(17-20-11-6-7-14-28-20)26(31)21-15-18-9-4-5-10-19(18)16-23(21)32-2/h4-16H,3,17H2,1-2H3. The molecule has 0 unspecified atom stereocenters. The molecule has 0 N–H and O–H groups in total. The molecule has 0 spiro atoms. The number of fused-ring (bicyclic) bond motifs is 2. The van der Waals surface area contributed by atoms with E-state index < -0.39 is 0 Å². The summed E-state index contributed by atoms with van der Waals surface area (Å²) in [5, 5.41) is 2.55. The number of para-hydroxylation sites is 1. The fraction of sp³-hybridized carbons (Fsp3) is 0.148. The molecule has 5 aromatic rings. The van der Waals surface area contributed by atoms with Gasteiger partial charge in [0.15, 0.2) is 5.13 Å². The van der Waals surface area contributed by atoms with E-state index in [4.69, 9.17) is 14.5 Å². The summed E-state index contributed by atoms with van der Waals surface area (Å²) in [6.45, 7) is 2.76. The Morgan fingerprint density at radius 2 is 1.76 bits per heavy atom. The van der Waals surface area contributed by atoms with Crippen LogP contribution in [-0.4, -0.2) is 29.6 Å². The molecule has 5 rings (SSSR count). The second-order valence-electron chi connectivity index (χ2n) is 7.64. The fourth-order valence-electron chi connectivity index (χ4n) is 3.88. The molecule has 1 amide bonds. The third kappa shape index (κ3) is 4.18. The molecule has 0 saturated heterocycles. The van der Waals surface area contributed by atoms with E-state index in [1.807, 2.05) is 79.7 Å². The molecule has 7 heteroatoms. The van der Waals surface area contributed by atoms with Crippen LogP contribution in [0.4, 0.5) is 5.13 Å². The first-order valence-electron chi connectivity index (χ1n) is 11.0. The van der Waals surface area contributed by atoms with Gasteiger partial charge < -0.3 is 9.47 Å². The molecule has 0 bridgehead atoms. The topological polar surface area (TPSA) is 64.5 Å². The first-order valence-corrected chi connectivity index (χ1v) is 11.8. The van der Waals surface area contributed by atoms with Gasteiger partial charge in [0.2, 0.25) is 0 Å². The average Bonchev–Trinajstić information content (AvgIpc) is 3.32. The van der Waals surface area contributed by atoms with Gasteiger partial charge in [-0.15, -0.1) is 0 Å². The molecule has 0 aliphatic carbocycles. The van der Waals surface area contributed by atoms with Gasteiger partial charge in [0.25, 0.3) is 5.91 Å². The zero-order chi connectivity index (χ0) is 23.5. The van der Waals surface area contributed by atoms with Gasteiger partial charge in [0, 0.05) is 6.20 Å². The van der Waals surface area contributed by atoms with Crippen LogP contribution in [0.1, 0.15) is 23.0 Å². The lowest BCUT2D eigenvalue weighted by molar-refractivity contribution is 0.0982. The summed E-state index contributed by atoms with van der Waals surface area (Å²) in [5.74, 6) is 1.02. The number of hydrogen-bond acceptors (Lipinski definition) is 6. The number of amides is 1.